The normalized spacial score (nSPS) is 11.6. The fourth-order valence-electron chi connectivity index (χ4n) is 1.74. The van der Waals surface area contributed by atoms with E-state index in [9.17, 15) is 8.42 Å². The van der Waals surface area contributed by atoms with E-state index in [1.165, 1.54) is 0 Å². The van der Waals surface area contributed by atoms with Gasteiger partial charge in [-0.05, 0) is 24.6 Å². The Labute approximate surface area is 112 Å². The molecule has 2 aromatic rings. The van der Waals surface area contributed by atoms with E-state index < -0.39 is 10.0 Å². The molecule has 4 N–H and O–H groups in total. The smallest absolute Gasteiger partial charge is 0.240 e. The largest absolute Gasteiger partial charge is 0.398 e. The van der Waals surface area contributed by atoms with Crippen molar-refractivity contribution in [1.29, 1.82) is 0 Å². The molecule has 0 atom stereocenters. The summed E-state index contributed by atoms with van der Waals surface area (Å²) in [4.78, 5) is 7.16. The summed E-state index contributed by atoms with van der Waals surface area (Å²) in [6.45, 7) is 1.97. The Kier molecular flexibility index (Phi) is 3.87. The quantitative estimate of drug-likeness (QED) is 0.706. The topological polar surface area (TPSA) is 101 Å². The molecule has 102 valence electrons. The SMILES string of the molecule is Cc1c(N)cccc1S(=O)(=O)NCCc1ncc[nH]1. The van der Waals surface area contributed by atoms with Crippen LogP contribution < -0.4 is 10.5 Å². The minimum Gasteiger partial charge on any atom is -0.398 e. The highest BCUT2D eigenvalue weighted by Gasteiger charge is 2.17. The zero-order valence-corrected chi connectivity index (χ0v) is 11.4. The summed E-state index contributed by atoms with van der Waals surface area (Å²) >= 11 is 0. The van der Waals surface area contributed by atoms with E-state index in [2.05, 4.69) is 14.7 Å². The Morgan fingerprint density at radius 2 is 2.21 bits per heavy atom. The predicted molar refractivity (Wildman–Crippen MR) is 73.1 cm³/mol. The van der Waals surface area contributed by atoms with Gasteiger partial charge in [0.15, 0.2) is 0 Å². The third-order valence-corrected chi connectivity index (χ3v) is 4.43. The van der Waals surface area contributed by atoms with Gasteiger partial charge in [-0.2, -0.15) is 0 Å². The van der Waals surface area contributed by atoms with Crippen LogP contribution in [-0.4, -0.2) is 24.9 Å². The van der Waals surface area contributed by atoms with Crippen LogP contribution >= 0.6 is 0 Å². The minimum atomic E-state index is -3.54. The minimum absolute atomic E-state index is 0.215. The van der Waals surface area contributed by atoms with Crippen LogP contribution in [0.5, 0.6) is 0 Å². The second kappa shape index (κ2) is 5.41. The zero-order chi connectivity index (χ0) is 13.9. The first-order chi connectivity index (χ1) is 9.00. The molecule has 0 saturated carbocycles. The third-order valence-electron chi connectivity index (χ3n) is 2.82. The second-order valence-electron chi connectivity index (χ2n) is 4.15. The molecule has 0 unspecified atom stereocenters. The van der Waals surface area contributed by atoms with Gasteiger partial charge in [0.2, 0.25) is 10.0 Å². The van der Waals surface area contributed by atoms with E-state index in [4.69, 9.17) is 5.73 Å². The van der Waals surface area contributed by atoms with Crippen LogP contribution in [0.25, 0.3) is 0 Å². The molecule has 1 heterocycles. The van der Waals surface area contributed by atoms with Crippen LogP contribution in [0.1, 0.15) is 11.4 Å². The van der Waals surface area contributed by atoms with Crippen molar-refractivity contribution in [3.05, 3.63) is 42.0 Å². The molecule has 1 aromatic carbocycles. The van der Waals surface area contributed by atoms with Gasteiger partial charge in [-0.15, -0.1) is 0 Å². The van der Waals surface area contributed by atoms with Gasteiger partial charge in [0, 0.05) is 31.0 Å². The van der Waals surface area contributed by atoms with Gasteiger partial charge < -0.3 is 10.7 Å². The van der Waals surface area contributed by atoms with E-state index in [1.807, 2.05) is 0 Å². The first kappa shape index (κ1) is 13.6. The van der Waals surface area contributed by atoms with Crippen molar-refractivity contribution < 1.29 is 8.42 Å². The molecule has 0 bridgehead atoms. The number of imidazole rings is 1. The Morgan fingerprint density at radius 1 is 1.42 bits per heavy atom. The van der Waals surface area contributed by atoms with Gasteiger partial charge in [0.25, 0.3) is 0 Å². The van der Waals surface area contributed by atoms with Crippen LogP contribution in [0, 0.1) is 6.92 Å². The molecule has 0 spiro atoms. The van der Waals surface area contributed by atoms with Gasteiger partial charge in [0.1, 0.15) is 5.82 Å². The van der Waals surface area contributed by atoms with Crippen LogP contribution in [0.3, 0.4) is 0 Å². The molecule has 0 aliphatic rings. The van der Waals surface area contributed by atoms with Gasteiger partial charge >= 0.3 is 0 Å². The van der Waals surface area contributed by atoms with E-state index in [0.29, 0.717) is 17.7 Å². The number of hydrogen-bond acceptors (Lipinski definition) is 4. The number of H-pyrrole nitrogens is 1. The highest BCUT2D eigenvalue weighted by molar-refractivity contribution is 7.89. The van der Waals surface area contributed by atoms with E-state index in [-0.39, 0.29) is 11.4 Å². The van der Waals surface area contributed by atoms with Crippen molar-refractivity contribution in [3.63, 3.8) is 0 Å². The number of rotatable bonds is 5. The van der Waals surface area contributed by atoms with Gasteiger partial charge in [-0.3, -0.25) is 0 Å². The zero-order valence-electron chi connectivity index (χ0n) is 10.6. The molecule has 0 radical (unpaired) electrons. The molecule has 0 fully saturated rings. The van der Waals surface area contributed by atoms with Gasteiger partial charge in [-0.25, -0.2) is 18.1 Å². The standard InChI is InChI=1S/C12H16N4O2S/c1-9-10(13)3-2-4-11(9)19(17,18)16-6-5-12-14-7-8-15-12/h2-4,7-8,16H,5-6,13H2,1H3,(H,14,15). The van der Waals surface area contributed by atoms with Crippen molar-refractivity contribution in [2.75, 3.05) is 12.3 Å². The maximum absolute atomic E-state index is 12.1. The molecule has 0 saturated heterocycles. The molecule has 19 heavy (non-hydrogen) atoms. The average Bonchev–Trinajstić information content (AvgIpc) is 2.85. The molecule has 1 aromatic heterocycles. The lowest BCUT2D eigenvalue weighted by Crippen LogP contribution is -2.27. The number of aromatic amines is 1. The molecule has 2 rings (SSSR count). The fraction of sp³-hybridized carbons (Fsp3) is 0.250. The molecule has 0 aliphatic carbocycles. The first-order valence-electron chi connectivity index (χ1n) is 5.84. The summed E-state index contributed by atoms with van der Waals surface area (Å²) in [5.74, 6) is 0.743. The summed E-state index contributed by atoms with van der Waals surface area (Å²) in [7, 11) is -3.54. The summed E-state index contributed by atoms with van der Waals surface area (Å²) < 4.78 is 26.8. The lowest BCUT2D eigenvalue weighted by molar-refractivity contribution is 0.580. The van der Waals surface area contributed by atoms with E-state index in [1.54, 1.807) is 37.5 Å². The lowest BCUT2D eigenvalue weighted by atomic mass is 10.2. The highest BCUT2D eigenvalue weighted by atomic mass is 32.2. The number of nitrogens with zero attached hydrogens (tertiary/aromatic N) is 1. The summed E-state index contributed by atoms with van der Waals surface area (Å²) in [5.41, 5.74) is 6.75. The predicted octanol–water partition coefficient (Wildman–Crippen LogP) is 0.821. The van der Waals surface area contributed by atoms with Crippen molar-refractivity contribution in [2.24, 2.45) is 0 Å². The van der Waals surface area contributed by atoms with E-state index >= 15 is 0 Å². The van der Waals surface area contributed by atoms with E-state index in [0.717, 1.165) is 5.82 Å². The van der Waals surface area contributed by atoms with Crippen LogP contribution in [0.15, 0.2) is 35.5 Å². The lowest BCUT2D eigenvalue weighted by Gasteiger charge is -2.10. The van der Waals surface area contributed by atoms with Crippen LogP contribution in [0.4, 0.5) is 5.69 Å². The monoisotopic (exact) mass is 280 g/mol. The van der Waals surface area contributed by atoms with Crippen molar-refractivity contribution in [3.8, 4) is 0 Å². The Morgan fingerprint density at radius 3 is 2.89 bits per heavy atom. The van der Waals surface area contributed by atoms with Crippen molar-refractivity contribution in [2.45, 2.75) is 18.2 Å². The molecule has 6 nitrogen and oxygen atoms in total. The highest BCUT2D eigenvalue weighted by Crippen LogP contribution is 2.19. The summed E-state index contributed by atoms with van der Waals surface area (Å²) in [6.07, 6.45) is 3.84. The molecular formula is C12H16N4O2S. The Hall–Kier alpha value is -1.86. The van der Waals surface area contributed by atoms with Gasteiger partial charge in [0.05, 0.1) is 4.90 Å². The summed E-state index contributed by atoms with van der Waals surface area (Å²) in [6, 6.07) is 4.85. The third kappa shape index (κ3) is 3.12. The maximum Gasteiger partial charge on any atom is 0.240 e. The Bertz CT molecular complexity index is 650. The second-order valence-corrected chi connectivity index (χ2v) is 5.89. The van der Waals surface area contributed by atoms with Crippen molar-refractivity contribution in [1.82, 2.24) is 14.7 Å². The molecule has 7 heteroatoms. The number of nitrogens with one attached hydrogen (secondary N) is 2. The molecule has 0 amide bonds. The number of aromatic nitrogens is 2. The molecular weight excluding hydrogens is 264 g/mol. The van der Waals surface area contributed by atoms with Crippen molar-refractivity contribution >= 4 is 15.7 Å². The first-order valence-corrected chi connectivity index (χ1v) is 7.32. The number of nitrogen functional groups attached to an aromatic ring is 1. The van der Waals surface area contributed by atoms with Crippen LogP contribution in [-0.2, 0) is 16.4 Å². The molecule has 0 aliphatic heterocycles. The number of nitrogens with two attached hydrogens (primary N) is 1. The number of sulfonamides is 1. The van der Waals surface area contributed by atoms with Crippen LogP contribution in [0.2, 0.25) is 0 Å². The summed E-state index contributed by atoms with van der Waals surface area (Å²) in [5, 5.41) is 0. The number of anilines is 1. The maximum atomic E-state index is 12.1. The fourth-order valence-corrected chi connectivity index (χ4v) is 3.04. The average molecular weight is 280 g/mol. The van der Waals surface area contributed by atoms with Gasteiger partial charge in [-0.1, -0.05) is 6.07 Å². The number of benzene rings is 1. The Balaban J connectivity index is 2.08. The number of hydrogen-bond donors (Lipinski definition) is 3.